The van der Waals surface area contributed by atoms with Gasteiger partial charge in [-0.25, -0.2) is 4.90 Å². The van der Waals surface area contributed by atoms with Gasteiger partial charge in [-0.1, -0.05) is 89.5 Å². The lowest BCUT2D eigenvalue weighted by Gasteiger charge is -2.50. The molecule has 246 valence electrons. The number of hydrazine groups is 1. The van der Waals surface area contributed by atoms with Crippen LogP contribution < -0.4 is 10.3 Å². The molecule has 4 aliphatic rings. The first kappa shape index (κ1) is 31.1. The number of allylic oxidation sites excluding steroid dienone is 2. The summed E-state index contributed by atoms with van der Waals surface area (Å²) in [5.74, 6) is -4.66. The van der Waals surface area contributed by atoms with Gasteiger partial charge >= 0.3 is 0 Å². The van der Waals surface area contributed by atoms with Crippen LogP contribution in [0.1, 0.15) is 41.0 Å². The number of phenolic OH excluding ortho intramolecular Hbond substituents is 1. The number of carbonyl (C=O) groups is 4. The van der Waals surface area contributed by atoms with E-state index in [1.807, 2.05) is 74.5 Å². The van der Waals surface area contributed by atoms with Crippen molar-refractivity contribution in [1.29, 1.82) is 0 Å². The van der Waals surface area contributed by atoms with Crippen LogP contribution in [0.15, 0.2) is 109 Å². The molecule has 0 aromatic heterocycles. The third-order valence-corrected chi connectivity index (χ3v) is 11.4. The number of phenols is 1. The predicted molar refractivity (Wildman–Crippen MR) is 186 cm³/mol. The van der Waals surface area contributed by atoms with E-state index < -0.39 is 46.8 Å². The molecule has 1 saturated carbocycles. The Morgan fingerprint density at radius 1 is 0.816 bits per heavy atom. The molecule has 2 heterocycles. The monoisotopic (exact) mass is 671 g/mol. The molecular formula is C40H34ClN3O5. The number of fused-ring (bicyclic) bond motifs is 4. The SMILES string of the molecule is Cc1ccc(NN2C(=O)C3CC4C(=CCC5C(=O)N(c6ccc(C)c(Cl)c6)C(=O)C54)C(c4ccc(O)cc4)C3(c3ccccc3)C2=O)cc1. The summed E-state index contributed by atoms with van der Waals surface area (Å²) in [5.41, 5.74) is 6.92. The molecule has 0 spiro atoms. The van der Waals surface area contributed by atoms with Crippen molar-refractivity contribution >= 4 is 46.6 Å². The number of hydrogen-bond donors (Lipinski definition) is 2. The molecular weight excluding hydrogens is 638 g/mol. The summed E-state index contributed by atoms with van der Waals surface area (Å²) in [6.07, 6.45) is 2.54. The van der Waals surface area contributed by atoms with Crippen LogP contribution >= 0.6 is 11.6 Å². The quantitative estimate of drug-likeness (QED) is 0.178. The minimum atomic E-state index is -1.36. The Morgan fingerprint density at radius 3 is 2.22 bits per heavy atom. The number of amides is 4. The number of carbonyl (C=O) groups excluding carboxylic acids is 4. The van der Waals surface area contributed by atoms with Crippen molar-refractivity contribution in [2.45, 2.75) is 38.0 Å². The first-order valence-electron chi connectivity index (χ1n) is 16.5. The lowest BCUT2D eigenvalue weighted by Crippen LogP contribution is -2.53. The molecule has 9 heteroatoms. The van der Waals surface area contributed by atoms with Crippen molar-refractivity contribution < 1.29 is 24.3 Å². The number of imide groups is 2. The molecule has 3 fully saturated rings. The van der Waals surface area contributed by atoms with Gasteiger partial charge in [0.2, 0.25) is 11.8 Å². The summed E-state index contributed by atoms with van der Waals surface area (Å²) in [6.45, 7) is 3.82. The molecule has 4 amide bonds. The zero-order chi connectivity index (χ0) is 34.2. The Kier molecular flexibility index (Phi) is 7.26. The minimum absolute atomic E-state index is 0.0690. The van der Waals surface area contributed by atoms with Crippen LogP contribution in [0, 0.1) is 37.5 Å². The topological polar surface area (TPSA) is 107 Å². The standard InChI is InChI=1S/C40H34ClN3O5/c1-22-8-13-26(14-9-22)42-44-37(47)32-21-31-29(18-19-30-34(31)38(48)43(36(30)46)27-15-10-23(2)33(41)20-27)35(24-11-16-28(45)17-12-24)40(32,39(44)49)25-6-4-3-5-7-25/h3-18,20,30-32,34-35,42,45H,19,21H2,1-2H3. The summed E-state index contributed by atoms with van der Waals surface area (Å²) in [6, 6.07) is 28.7. The smallest absolute Gasteiger partial charge is 0.260 e. The van der Waals surface area contributed by atoms with E-state index in [9.17, 15) is 19.5 Å². The number of hydrogen-bond acceptors (Lipinski definition) is 6. The Hall–Kier alpha value is -5.21. The lowest BCUT2D eigenvalue weighted by atomic mass is 9.49. The molecule has 49 heavy (non-hydrogen) atoms. The van der Waals surface area contributed by atoms with Crippen LogP contribution in [-0.4, -0.2) is 33.7 Å². The number of anilines is 2. The molecule has 0 bridgehead atoms. The summed E-state index contributed by atoms with van der Waals surface area (Å²) >= 11 is 6.44. The molecule has 2 aliphatic heterocycles. The third kappa shape index (κ3) is 4.57. The number of halogens is 1. The van der Waals surface area contributed by atoms with Crippen molar-refractivity contribution in [2.24, 2.45) is 23.7 Å². The van der Waals surface area contributed by atoms with Gasteiger partial charge in [0.1, 0.15) is 5.75 Å². The highest BCUT2D eigenvalue weighted by atomic mass is 35.5. The molecule has 8 nitrogen and oxygen atoms in total. The fourth-order valence-corrected chi connectivity index (χ4v) is 8.94. The molecule has 4 aromatic rings. The average molecular weight is 672 g/mol. The number of aryl methyl sites for hydroxylation is 2. The largest absolute Gasteiger partial charge is 0.508 e. The van der Waals surface area contributed by atoms with Crippen molar-refractivity contribution in [3.05, 3.63) is 136 Å². The second-order valence-corrected chi connectivity index (χ2v) is 14.0. The molecule has 6 unspecified atom stereocenters. The average Bonchev–Trinajstić information content (AvgIpc) is 3.48. The molecule has 6 atom stereocenters. The first-order valence-corrected chi connectivity index (χ1v) is 16.9. The van der Waals surface area contributed by atoms with Gasteiger partial charge in [0.15, 0.2) is 0 Å². The molecule has 0 radical (unpaired) electrons. The highest BCUT2D eigenvalue weighted by Gasteiger charge is 2.70. The van der Waals surface area contributed by atoms with Gasteiger partial charge in [-0.2, -0.15) is 5.01 Å². The van der Waals surface area contributed by atoms with E-state index in [-0.39, 0.29) is 24.0 Å². The van der Waals surface area contributed by atoms with Gasteiger partial charge in [-0.15, -0.1) is 0 Å². The predicted octanol–water partition coefficient (Wildman–Crippen LogP) is 6.85. The van der Waals surface area contributed by atoms with Gasteiger partial charge in [-0.3, -0.25) is 24.6 Å². The molecule has 4 aromatic carbocycles. The van der Waals surface area contributed by atoms with Gasteiger partial charge < -0.3 is 5.11 Å². The summed E-state index contributed by atoms with van der Waals surface area (Å²) in [4.78, 5) is 59.5. The van der Waals surface area contributed by atoms with E-state index in [0.717, 1.165) is 27.3 Å². The van der Waals surface area contributed by atoms with Crippen molar-refractivity contribution in [2.75, 3.05) is 10.3 Å². The minimum Gasteiger partial charge on any atom is -0.508 e. The molecule has 2 saturated heterocycles. The summed E-state index contributed by atoms with van der Waals surface area (Å²) in [5, 5.41) is 11.9. The Labute approximate surface area is 289 Å². The maximum atomic E-state index is 15.1. The van der Waals surface area contributed by atoms with Crippen LogP contribution in [0.5, 0.6) is 5.75 Å². The summed E-state index contributed by atoms with van der Waals surface area (Å²) < 4.78 is 0. The maximum absolute atomic E-state index is 15.1. The van der Waals surface area contributed by atoms with Crippen molar-refractivity contribution in [3.63, 3.8) is 0 Å². The van der Waals surface area contributed by atoms with Crippen LogP contribution in [-0.2, 0) is 24.6 Å². The Bertz CT molecular complexity index is 2060. The maximum Gasteiger partial charge on any atom is 0.260 e. The number of aromatic hydroxyl groups is 1. The fraction of sp³-hybridized carbons (Fsp3) is 0.250. The van der Waals surface area contributed by atoms with E-state index in [1.54, 1.807) is 42.5 Å². The van der Waals surface area contributed by atoms with Gasteiger partial charge in [0.25, 0.3) is 11.8 Å². The fourth-order valence-electron chi connectivity index (χ4n) is 8.76. The second kappa shape index (κ2) is 11.4. The van der Waals surface area contributed by atoms with Crippen LogP contribution in [0.25, 0.3) is 0 Å². The number of rotatable bonds is 5. The van der Waals surface area contributed by atoms with Crippen molar-refractivity contribution in [1.82, 2.24) is 5.01 Å². The van der Waals surface area contributed by atoms with Crippen LogP contribution in [0.2, 0.25) is 5.02 Å². The second-order valence-electron chi connectivity index (χ2n) is 13.6. The Balaban J connectivity index is 1.30. The Morgan fingerprint density at radius 2 is 1.53 bits per heavy atom. The number of nitrogens with one attached hydrogen (secondary N) is 1. The first-order chi connectivity index (χ1) is 23.6. The molecule has 8 rings (SSSR count). The third-order valence-electron chi connectivity index (χ3n) is 11.0. The molecule has 2 N–H and O–H groups in total. The van der Waals surface area contributed by atoms with Gasteiger partial charge in [0, 0.05) is 10.9 Å². The zero-order valence-electron chi connectivity index (χ0n) is 27.0. The van der Waals surface area contributed by atoms with E-state index in [1.165, 1.54) is 4.90 Å². The van der Waals surface area contributed by atoms with E-state index >= 15 is 4.79 Å². The normalized spacial score (nSPS) is 27.5. The van der Waals surface area contributed by atoms with Crippen LogP contribution in [0.3, 0.4) is 0 Å². The van der Waals surface area contributed by atoms with Crippen molar-refractivity contribution in [3.8, 4) is 5.75 Å². The highest BCUT2D eigenvalue weighted by Crippen LogP contribution is 2.64. The number of nitrogens with zero attached hydrogens (tertiary/aromatic N) is 2. The lowest BCUT2D eigenvalue weighted by molar-refractivity contribution is -0.138. The molecule has 2 aliphatic carbocycles. The van der Waals surface area contributed by atoms with E-state index in [4.69, 9.17) is 11.6 Å². The van der Waals surface area contributed by atoms with E-state index in [0.29, 0.717) is 28.4 Å². The van der Waals surface area contributed by atoms with Crippen LogP contribution in [0.4, 0.5) is 11.4 Å². The highest BCUT2D eigenvalue weighted by molar-refractivity contribution is 6.32. The van der Waals surface area contributed by atoms with Gasteiger partial charge in [-0.05, 0) is 85.7 Å². The number of benzene rings is 4. The zero-order valence-corrected chi connectivity index (χ0v) is 27.7. The summed E-state index contributed by atoms with van der Waals surface area (Å²) in [7, 11) is 0. The van der Waals surface area contributed by atoms with E-state index in [2.05, 4.69) is 5.43 Å². The van der Waals surface area contributed by atoms with Gasteiger partial charge in [0.05, 0.1) is 34.5 Å².